The van der Waals surface area contributed by atoms with Gasteiger partial charge in [0.15, 0.2) is 5.82 Å². The number of rotatable bonds is 6. The average molecular weight is 340 g/mol. The second-order valence-corrected chi connectivity index (χ2v) is 5.78. The van der Waals surface area contributed by atoms with E-state index >= 15 is 0 Å². The van der Waals surface area contributed by atoms with Crippen LogP contribution in [0.25, 0.3) is 11.4 Å². The molecular weight excluding hydrogens is 320 g/mol. The third-order valence-electron chi connectivity index (χ3n) is 3.89. The van der Waals surface area contributed by atoms with Crippen LogP contribution in [0.2, 0.25) is 0 Å². The summed E-state index contributed by atoms with van der Waals surface area (Å²) < 4.78 is 7.72. The highest BCUT2D eigenvalue weighted by Gasteiger charge is 2.13. The molecule has 0 radical (unpaired) electrons. The summed E-state index contributed by atoms with van der Waals surface area (Å²) in [4.78, 5) is 0. The molecule has 0 aliphatic carbocycles. The van der Waals surface area contributed by atoms with Gasteiger partial charge in [0.05, 0.1) is 19.2 Å². The van der Waals surface area contributed by atoms with Crippen LogP contribution in [0.3, 0.4) is 0 Å². The third-order valence-corrected chi connectivity index (χ3v) is 4.17. The Morgan fingerprint density at radius 3 is 2.54 bits per heavy atom. The number of nitrogens with zero attached hydrogens (tertiary/aromatic N) is 2. The minimum atomic E-state index is 0.515. The van der Waals surface area contributed by atoms with E-state index in [-0.39, 0.29) is 0 Å². The third kappa shape index (κ3) is 3.33. The second-order valence-electron chi connectivity index (χ2n) is 5.39. The summed E-state index contributed by atoms with van der Waals surface area (Å²) >= 11 is 5.35. The Morgan fingerprint density at radius 2 is 1.83 bits per heavy atom. The number of hydrogen-bond acceptors (Lipinski definition) is 4. The Morgan fingerprint density at radius 1 is 1.12 bits per heavy atom. The van der Waals surface area contributed by atoms with Gasteiger partial charge in [0.25, 0.3) is 0 Å². The van der Waals surface area contributed by atoms with Crippen molar-refractivity contribution in [2.45, 2.75) is 19.9 Å². The van der Waals surface area contributed by atoms with Crippen molar-refractivity contribution in [1.82, 2.24) is 14.9 Å². The molecule has 3 aromatic rings. The van der Waals surface area contributed by atoms with E-state index in [1.165, 1.54) is 11.1 Å². The molecule has 3 rings (SSSR count). The van der Waals surface area contributed by atoms with Gasteiger partial charge in [-0.15, -0.1) is 0 Å². The fourth-order valence-electron chi connectivity index (χ4n) is 2.52. The predicted molar refractivity (Wildman–Crippen MR) is 98.3 cm³/mol. The molecule has 1 aromatic heterocycles. The number of hydrogen-bond donors (Lipinski definition) is 2. The Hall–Kier alpha value is -2.60. The number of benzene rings is 2. The molecule has 124 valence electrons. The molecule has 0 atom stereocenters. The van der Waals surface area contributed by atoms with Crippen molar-refractivity contribution in [2.75, 3.05) is 12.5 Å². The fourth-order valence-corrected chi connectivity index (χ4v) is 2.71. The monoisotopic (exact) mass is 340 g/mol. The molecule has 0 aliphatic rings. The van der Waals surface area contributed by atoms with Gasteiger partial charge in [-0.05, 0) is 41.9 Å². The van der Waals surface area contributed by atoms with Crippen molar-refractivity contribution in [3.63, 3.8) is 0 Å². The maximum atomic E-state index is 5.42. The van der Waals surface area contributed by atoms with Crippen LogP contribution in [-0.2, 0) is 13.0 Å². The smallest absolute Gasteiger partial charge is 0.214 e. The Kier molecular flexibility index (Phi) is 4.96. The molecule has 0 fully saturated rings. The lowest BCUT2D eigenvalue weighted by atomic mass is 10.1. The minimum absolute atomic E-state index is 0.515. The topological polar surface area (TPSA) is 54.9 Å². The van der Waals surface area contributed by atoms with Crippen molar-refractivity contribution < 1.29 is 4.74 Å². The molecule has 5 nitrogen and oxygen atoms in total. The number of ether oxygens (including phenoxy) is 1. The summed E-state index contributed by atoms with van der Waals surface area (Å²) in [7, 11) is 1.65. The number of nitrogens with one attached hydrogen (secondary N) is 2. The molecular formula is C18H20N4OS. The standard InChI is InChI=1S/C18H20N4OS/c1-3-13-8-10-14(11-9-13)12-19-22-17(20-21-18(22)24)15-6-4-5-7-16(15)23-2/h4-11,19H,3,12H2,1-2H3,(H,21,24). The predicted octanol–water partition coefficient (Wildman–Crippen LogP) is 3.92. The molecule has 0 aliphatic heterocycles. The first-order valence-corrected chi connectivity index (χ1v) is 8.26. The van der Waals surface area contributed by atoms with Gasteiger partial charge in [-0.2, -0.15) is 5.10 Å². The first-order chi connectivity index (χ1) is 11.7. The van der Waals surface area contributed by atoms with Crippen molar-refractivity contribution in [1.29, 1.82) is 0 Å². The highest BCUT2D eigenvalue weighted by Crippen LogP contribution is 2.27. The quantitative estimate of drug-likeness (QED) is 0.668. The van der Waals surface area contributed by atoms with Gasteiger partial charge in [0, 0.05) is 0 Å². The van der Waals surface area contributed by atoms with Gasteiger partial charge >= 0.3 is 0 Å². The van der Waals surface area contributed by atoms with Crippen LogP contribution in [0.5, 0.6) is 5.75 Å². The first-order valence-electron chi connectivity index (χ1n) is 7.85. The molecule has 2 aromatic carbocycles. The molecule has 6 heteroatoms. The molecule has 0 unspecified atom stereocenters. The zero-order valence-corrected chi connectivity index (χ0v) is 14.6. The number of methoxy groups -OCH3 is 1. The van der Waals surface area contributed by atoms with E-state index in [1.54, 1.807) is 11.8 Å². The SMILES string of the molecule is CCc1ccc(CNn2c(-c3ccccc3OC)n[nH]c2=S)cc1. The molecule has 0 spiro atoms. The highest BCUT2D eigenvalue weighted by atomic mass is 32.1. The van der Waals surface area contributed by atoms with Gasteiger partial charge in [0.2, 0.25) is 4.77 Å². The maximum absolute atomic E-state index is 5.42. The molecule has 24 heavy (non-hydrogen) atoms. The lowest BCUT2D eigenvalue weighted by molar-refractivity contribution is 0.416. The molecule has 0 saturated heterocycles. The number of aryl methyl sites for hydroxylation is 1. The van der Waals surface area contributed by atoms with Gasteiger partial charge < -0.3 is 10.2 Å². The van der Waals surface area contributed by atoms with Crippen LogP contribution < -0.4 is 10.2 Å². The van der Waals surface area contributed by atoms with Crippen LogP contribution in [-0.4, -0.2) is 22.0 Å². The minimum Gasteiger partial charge on any atom is -0.496 e. The highest BCUT2D eigenvalue weighted by molar-refractivity contribution is 7.71. The van der Waals surface area contributed by atoms with E-state index < -0.39 is 0 Å². The summed E-state index contributed by atoms with van der Waals surface area (Å²) in [6.07, 6.45) is 1.04. The maximum Gasteiger partial charge on any atom is 0.214 e. The van der Waals surface area contributed by atoms with E-state index in [9.17, 15) is 0 Å². The summed E-state index contributed by atoms with van der Waals surface area (Å²) in [5.41, 5.74) is 6.71. The van der Waals surface area contributed by atoms with Gasteiger partial charge in [0.1, 0.15) is 5.75 Å². The Balaban J connectivity index is 1.86. The molecule has 2 N–H and O–H groups in total. The number of aromatic amines is 1. The first kappa shape index (κ1) is 16.3. The molecule has 1 heterocycles. The van der Waals surface area contributed by atoms with E-state index in [0.29, 0.717) is 17.1 Å². The fraction of sp³-hybridized carbons (Fsp3) is 0.222. The summed E-state index contributed by atoms with van der Waals surface area (Å²) in [5, 5.41) is 7.18. The summed E-state index contributed by atoms with van der Waals surface area (Å²) in [6.45, 7) is 2.80. The second kappa shape index (κ2) is 7.31. The van der Waals surface area contributed by atoms with Crippen molar-refractivity contribution in [3.8, 4) is 17.1 Å². The van der Waals surface area contributed by atoms with Crippen LogP contribution in [0, 0.1) is 4.77 Å². The lowest BCUT2D eigenvalue weighted by Gasteiger charge is -2.12. The normalized spacial score (nSPS) is 10.6. The number of aromatic nitrogens is 3. The largest absolute Gasteiger partial charge is 0.496 e. The molecule has 0 saturated carbocycles. The van der Waals surface area contributed by atoms with Crippen LogP contribution in [0.15, 0.2) is 48.5 Å². The van der Waals surface area contributed by atoms with Crippen molar-refractivity contribution in [2.24, 2.45) is 0 Å². The van der Waals surface area contributed by atoms with E-state index in [4.69, 9.17) is 17.0 Å². The van der Waals surface area contributed by atoms with Crippen LogP contribution in [0.1, 0.15) is 18.1 Å². The van der Waals surface area contributed by atoms with Gasteiger partial charge in [-0.1, -0.05) is 43.3 Å². The zero-order valence-electron chi connectivity index (χ0n) is 13.7. The number of H-pyrrole nitrogens is 1. The van der Waals surface area contributed by atoms with Crippen LogP contribution >= 0.6 is 12.2 Å². The molecule has 0 amide bonds. The molecule has 0 bridgehead atoms. The van der Waals surface area contributed by atoms with E-state index in [0.717, 1.165) is 17.7 Å². The van der Waals surface area contributed by atoms with E-state index in [2.05, 4.69) is 46.8 Å². The van der Waals surface area contributed by atoms with Gasteiger partial charge in [-0.3, -0.25) is 0 Å². The average Bonchev–Trinajstić information content (AvgIpc) is 3.00. The Bertz CT molecular complexity index is 867. The Labute approximate surface area is 146 Å². The van der Waals surface area contributed by atoms with Crippen molar-refractivity contribution in [3.05, 3.63) is 64.4 Å². The summed E-state index contributed by atoms with van der Waals surface area (Å²) in [5.74, 6) is 1.45. The van der Waals surface area contributed by atoms with E-state index in [1.807, 2.05) is 24.3 Å². The van der Waals surface area contributed by atoms with Gasteiger partial charge in [-0.25, -0.2) is 9.77 Å². The lowest BCUT2D eigenvalue weighted by Crippen LogP contribution is -2.16. The van der Waals surface area contributed by atoms with Crippen molar-refractivity contribution >= 4 is 12.2 Å². The zero-order chi connectivity index (χ0) is 16.9. The number of para-hydroxylation sites is 1. The van der Waals surface area contributed by atoms with Crippen LogP contribution in [0.4, 0.5) is 0 Å². The summed E-state index contributed by atoms with van der Waals surface area (Å²) in [6, 6.07) is 16.3.